The summed E-state index contributed by atoms with van der Waals surface area (Å²) in [7, 11) is 0. The SMILES string of the molecule is CCCCCNC(=O)CO/N=C1/[C@H](C)C(O)[C@@H](C)CCC[C@H](C)C([O-])CCOC(=O)C[C@H](O)C1(C)C. The molecule has 1 saturated heterocycles. The van der Waals surface area contributed by atoms with Crippen molar-refractivity contribution in [3.05, 3.63) is 0 Å². The lowest BCUT2D eigenvalue weighted by molar-refractivity contribution is -0.434. The molecule has 0 aromatic rings. The van der Waals surface area contributed by atoms with Gasteiger partial charge in [0.15, 0.2) is 6.61 Å². The van der Waals surface area contributed by atoms with Gasteiger partial charge in [-0.3, -0.25) is 9.59 Å². The second-order valence-corrected chi connectivity index (χ2v) is 11.0. The molecule has 1 fully saturated rings. The normalized spacial score (nSPS) is 32.0. The van der Waals surface area contributed by atoms with Crippen molar-refractivity contribution >= 4 is 17.6 Å². The van der Waals surface area contributed by atoms with Crippen molar-refractivity contribution in [1.82, 2.24) is 5.32 Å². The van der Waals surface area contributed by atoms with Crippen molar-refractivity contribution < 1.29 is 34.5 Å². The van der Waals surface area contributed by atoms with Gasteiger partial charge in [-0.25, -0.2) is 0 Å². The fourth-order valence-electron chi connectivity index (χ4n) is 4.59. The number of esters is 1. The Bertz CT molecular complexity index is 698. The first kappa shape index (κ1) is 32.3. The Morgan fingerprint density at radius 1 is 1.17 bits per heavy atom. The molecule has 36 heavy (non-hydrogen) atoms. The Hall–Kier alpha value is -1.71. The maximum absolute atomic E-state index is 12.4. The molecule has 3 N–H and O–H groups in total. The van der Waals surface area contributed by atoms with E-state index in [0.29, 0.717) is 12.3 Å². The Balaban J connectivity index is 3.07. The van der Waals surface area contributed by atoms with Gasteiger partial charge in [0.2, 0.25) is 0 Å². The third kappa shape index (κ3) is 10.7. The monoisotopic (exact) mass is 513 g/mol. The highest BCUT2D eigenvalue weighted by Gasteiger charge is 2.41. The van der Waals surface area contributed by atoms with Gasteiger partial charge in [0.25, 0.3) is 5.91 Å². The number of ether oxygens (including phenoxy) is 1. The summed E-state index contributed by atoms with van der Waals surface area (Å²) in [4.78, 5) is 29.9. The number of nitrogens with one attached hydrogen (secondary N) is 1. The minimum atomic E-state index is -1.17. The Morgan fingerprint density at radius 2 is 1.83 bits per heavy atom. The number of carbonyl (C=O) groups excluding carboxylic acids is 2. The number of hydrogen-bond acceptors (Lipinski definition) is 8. The molecule has 0 bridgehead atoms. The molecule has 1 rings (SSSR count). The molecular formula is C27H49N2O7-. The van der Waals surface area contributed by atoms with Crippen LogP contribution in [0.1, 0.15) is 92.9 Å². The molecule has 0 aromatic carbocycles. The van der Waals surface area contributed by atoms with Crippen LogP contribution in [-0.2, 0) is 19.2 Å². The van der Waals surface area contributed by atoms with Crippen molar-refractivity contribution in [2.75, 3.05) is 19.8 Å². The zero-order valence-corrected chi connectivity index (χ0v) is 23.1. The van der Waals surface area contributed by atoms with Crippen LogP contribution in [0.5, 0.6) is 0 Å². The van der Waals surface area contributed by atoms with E-state index < -0.39 is 35.6 Å². The van der Waals surface area contributed by atoms with Gasteiger partial charge in [-0.15, -0.1) is 6.10 Å². The summed E-state index contributed by atoms with van der Waals surface area (Å²) in [6, 6.07) is 0. The Kier molecular flexibility index (Phi) is 14.5. The smallest absolute Gasteiger partial charge is 0.308 e. The van der Waals surface area contributed by atoms with E-state index in [1.54, 1.807) is 20.8 Å². The lowest BCUT2D eigenvalue weighted by Crippen LogP contribution is -2.46. The summed E-state index contributed by atoms with van der Waals surface area (Å²) >= 11 is 0. The van der Waals surface area contributed by atoms with Crippen molar-refractivity contribution in [3.63, 3.8) is 0 Å². The summed E-state index contributed by atoms with van der Waals surface area (Å²) in [5.41, 5.74) is -0.676. The van der Waals surface area contributed by atoms with Crippen LogP contribution in [0.15, 0.2) is 5.16 Å². The van der Waals surface area contributed by atoms with Gasteiger partial charge >= 0.3 is 5.97 Å². The Morgan fingerprint density at radius 3 is 2.50 bits per heavy atom. The van der Waals surface area contributed by atoms with Crippen molar-refractivity contribution in [2.24, 2.45) is 28.3 Å². The summed E-state index contributed by atoms with van der Waals surface area (Å²) in [6.07, 6.45) is 2.37. The predicted molar refractivity (Wildman–Crippen MR) is 137 cm³/mol. The van der Waals surface area contributed by atoms with Crippen LogP contribution in [0.4, 0.5) is 0 Å². The molecule has 1 amide bonds. The number of rotatable bonds is 7. The highest BCUT2D eigenvalue weighted by Crippen LogP contribution is 2.33. The lowest BCUT2D eigenvalue weighted by atomic mass is 9.72. The standard InChI is InChI=1S/C27H49N2O7/c1-7-8-9-14-28-23(32)17-36-29-26-20(4)25(34)19(3)12-10-11-18(2)21(30)13-15-35-24(33)16-22(31)27(26,5)6/h18-22,25,31,34H,7-17H2,1-6H3,(H,28,32)/q-1/b29-26-/t18-,19-,20+,21?,22-,25?/m0/s1. The van der Waals surface area contributed by atoms with Crippen molar-refractivity contribution in [2.45, 2.75) is 111 Å². The van der Waals surface area contributed by atoms with E-state index in [4.69, 9.17) is 9.57 Å². The summed E-state index contributed by atoms with van der Waals surface area (Å²) in [5, 5.41) is 41.5. The van der Waals surface area contributed by atoms with E-state index in [9.17, 15) is 24.9 Å². The van der Waals surface area contributed by atoms with E-state index in [1.165, 1.54) is 0 Å². The molecule has 0 aromatic heterocycles. The van der Waals surface area contributed by atoms with E-state index in [2.05, 4.69) is 17.4 Å². The lowest BCUT2D eigenvalue weighted by Gasteiger charge is -2.37. The molecule has 1 aliphatic rings. The molecule has 9 heteroatoms. The number of aliphatic hydroxyl groups is 2. The van der Waals surface area contributed by atoms with Gasteiger partial charge in [-0.1, -0.05) is 78.3 Å². The first-order chi connectivity index (χ1) is 16.9. The van der Waals surface area contributed by atoms with E-state index in [0.717, 1.165) is 38.5 Å². The number of hydrogen-bond donors (Lipinski definition) is 3. The largest absolute Gasteiger partial charge is 0.852 e. The molecule has 210 valence electrons. The van der Waals surface area contributed by atoms with Gasteiger partial charge in [0.1, 0.15) is 0 Å². The maximum Gasteiger partial charge on any atom is 0.308 e. The minimum absolute atomic E-state index is 0.0213. The molecular weight excluding hydrogens is 464 g/mol. The highest BCUT2D eigenvalue weighted by molar-refractivity contribution is 5.92. The second kappa shape index (κ2) is 16.2. The number of unbranched alkanes of at least 4 members (excludes halogenated alkanes) is 2. The number of carbonyl (C=O) groups is 2. The molecule has 0 spiro atoms. The maximum atomic E-state index is 12.4. The van der Waals surface area contributed by atoms with Gasteiger partial charge in [0, 0.05) is 17.9 Å². The van der Waals surface area contributed by atoms with Gasteiger partial charge in [0.05, 0.1) is 30.9 Å². The highest BCUT2D eigenvalue weighted by atomic mass is 16.6. The molecule has 1 heterocycles. The number of oxime groups is 1. The van der Waals surface area contributed by atoms with Crippen molar-refractivity contribution in [1.29, 1.82) is 0 Å². The molecule has 0 aliphatic carbocycles. The number of amides is 1. The fourth-order valence-corrected chi connectivity index (χ4v) is 4.59. The second-order valence-electron chi connectivity index (χ2n) is 11.0. The summed E-state index contributed by atoms with van der Waals surface area (Å²) in [5.74, 6) is -1.56. The van der Waals surface area contributed by atoms with Crippen LogP contribution >= 0.6 is 0 Å². The predicted octanol–water partition coefficient (Wildman–Crippen LogP) is 2.56. The van der Waals surface area contributed by atoms with Crippen LogP contribution < -0.4 is 10.4 Å². The van der Waals surface area contributed by atoms with Gasteiger partial charge in [-0.05, 0) is 25.2 Å². The average Bonchev–Trinajstić information content (AvgIpc) is 2.82. The van der Waals surface area contributed by atoms with Crippen LogP contribution in [0.2, 0.25) is 0 Å². The van der Waals surface area contributed by atoms with Gasteiger partial charge in [-0.2, -0.15) is 0 Å². The quantitative estimate of drug-likeness (QED) is 0.270. The zero-order valence-electron chi connectivity index (χ0n) is 23.1. The summed E-state index contributed by atoms with van der Waals surface area (Å²) < 4.78 is 5.22. The van der Waals surface area contributed by atoms with E-state index >= 15 is 0 Å². The molecule has 9 nitrogen and oxygen atoms in total. The third-order valence-corrected chi connectivity index (χ3v) is 7.46. The van der Waals surface area contributed by atoms with Gasteiger partial charge < -0.3 is 30.2 Å². The van der Waals surface area contributed by atoms with Crippen molar-refractivity contribution in [3.8, 4) is 0 Å². The van der Waals surface area contributed by atoms with Crippen LogP contribution in [0, 0.1) is 23.2 Å². The first-order valence-electron chi connectivity index (χ1n) is 13.6. The van der Waals surface area contributed by atoms with Crippen LogP contribution in [0.25, 0.3) is 0 Å². The van der Waals surface area contributed by atoms with Crippen LogP contribution in [-0.4, -0.2) is 65.9 Å². The number of cyclic esters (lactones) is 1. The first-order valence-corrected chi connectivity index (χ1v) is 13.6. The topological polar surface area (TPSA) is 141 Å². The molecule has 1 aliphatic heterocycles. The number of aliphatic hydroxyl groups excluding tert-OH is 2. The van der Waals surface area contributed by atoms with E-state index in [1.807, 2.05) is 13.8 Å². The number of nitrogens with zero attached hydrogens (tertiary/aromatic N) is 1. The van der Waals surface area contributed by atoms with E-state index in [-0.39, 0.29) is 43.8 Å². The molecule has 6 atom stereocenters. The zero-order chi connectivity index (χ0) is 27.3. The average molecular weight is 514 g/mol. The minimum Gasteiger partial charge on any atom is -0.852 e. The third-order valence-electron chi connectivity index (χ3n) is 7.46. The molecule has 0 saturated carbocycles. The molecule has 0 radical (unpaired) electrons. The Labute approximate surface area is 217 Å². The summed E-state index contributed by atoms with van der Waals surface area (Å²) in [6.45, 7) is 11.5. The fraction of sp³-hybridized carbons (Fsp3) is 0.889. The molecule has 2 unspecified atom stereocenters. The van der Waals surface area contributed by atoms with Crippen LogP contribution in [0.3, 0.4) is 0 Å².